The maximum absolute atomic E-state index is 9.85. The molecule has 0 fully saturated rings. The predicted octanol–water partition coefficient (Wildman–Crippen LogP) is 5.03. The molecule has 0 atom stereocenters. The SMILES string of the molecule is CCCCCCCCc1cc(O)ccc1-n1nc2ccccc2n1. The lowest BCUT2D eigenvalue weighted by atomic mass is 10.0. The summed E-state index contributed by atoms with van der Waals surface area (Å²) in [4.78, 5) is 1.69. The second-order valence-corrected chi connectivity index (χ2v) is 6.31. The van der Waals surface area contributed by atoms with Gasteiger partial charge in [-0.2, -0.15) is 4.80 Å². The van der Waals surface area contributed by atoms with Gasteiger partial charge >= 0.3 is 0 Å². The van der Waals surface area contributed by atoms with E-state index >= 15 is 0 Å². The molecular formula is C20H25N3O. The molecule has 24 heavy (non-hydrogen) atoms. The van der Waals surface area contributed by atoms with Gasteiger partial charge in [0.25, 0.3) is 0 Å². The Morgan fingerprint density at radius 3 is 2.25 bits per heavy atom. The quantitative estimate of drug-likeness (QED) is 0.592. The molecule has 0 saturated heterocycles. The van der Waals surface area contributed by atoms with Gasteiger partial charge in [-0.3, -0.25) is 0 Å². The van der Waals surface area contributed by atoms with Gasteiger partial charge in [-0.1, -0.05) is 51.2 Å². The summed E-state index contributed by atoms with van der Waals surface area (Å²) in [6, 6.07) is 13.3. The van der Waals surface area contributed by atoms with Gasteiger partial charge in [-0.05, 0) is 48.7 Å². The number of unbranched alkanes of at least 4 members (excludes halogenated alkanes) is 5. The molecule has 0 aliphatic rings. The fourth-order valence-electron chi connectivity index (χ4n) is 3.03. The summed E-state index contributed by atoms with van der Waals surface area (Å²) in [5.74, 6) is 0.302. The van der Waals surface area contributed by atoms with Gasteiger partial charge in [0, 0.05) is 0 Å². The van der Waals surface area contributed by atoms with Crippen LogP contribution in [0, 0.1) is 0 Å². The summed E-state index contributed by atoms with van der Waals surface area (Å²) in [5, 5.41) is 19.0. The van der Waals surface area contributed by atoms with E-state index in [1.165, 1.54) is 32.1 Å². The topological polar surface area (TPSA) is 50.9 Å². The number of fused-ring (bicyclic) bond motifs is 1. The number of hydrogen-bond acceptors (Lipinski definition) is 3. The van der Waals surface area contributed by atoms with Gasteiger partial charge in [-0.25, -0.2) is 0 Å². The minimum atomic E-state index is 0.302. The van der Waals surface area contributed by atoms with Gasteiger partial charge in [0.1, 0.15) is 16.8 Å². The van der Waals surface area contributed by atoms with Crippen molar-refractivity contribution in [3.63, 3.8) is 0 Å². The van der Waals surface area contributed by atoms with Crippen LogP contribution in [0.2, 0.25) is 0 Å². The Morgan fingerprint density at radius 1 is 0.875 bits per heavy atom. The average molecular weight is 323 g/mol. The van der Waals surface area contributed by atoms with Crippen molar-refractivity contribution in [2.24, 2.45) is 0 Å². The van der Waals surface area contributed by atoms with E-state index in [0.29, 0.717) is 5.75 Å². The van der Waals surface area contributed by atoms with E-state index < -0.39 is 0 Å². The standard InChI is InChI=1S/C20H25N3O/c1-2-3-4-5-6-7-10-16-15-17(24)13-14-20(16)23-21-18-11-8-9-12-19(18)22-23/h8-9,11-15,24H,2-7,10H2,1H3. The molecule has 4 nitrogen and oxygen atoms in total. The molecule has 0 aliphatic carbocycles. The lowest BCUT2D eigenvalue weighted by Crippen LogP contribution is -2.03. The fourth-order valence-corrected chi connectivity index (χ4v) is 3.03. The van der Waals surface area contributed by atoms with E-state index in [2.05, 4.69) is 17.1 Å². The van der Waals surface area contributed by atoms with Crippen molar-refractivity contribution in [2.45, 2.75) is 51.9 Å². The number of nitrogens with zero attached hydrogens (tertiary/aromatic N) is 3. The molecule has 1 aromatic heterocycles. The first-order valence-electron chi connectivity index (χ1n) is 8.92. The molecule has 0 bridgehead atoms. The average Bonchev–Trinajstić information content (AvgIpc) is 3.02. The number of aryl methyl sites for hydroxylation is 1. The van der Waals surface area contributed by atoms with Crippen LogP contribution in [0.5, 0.6) is 5.75 Å². The van der Waals surface area contributed by atoms with Crippen LogP contribution in [0.1, 0.15) is 51.0 Å². The number of aromatic nitrogens is 3. The van der Waals surface area contributed by atoms with E-state index in [-0.39, 0.29) is 0 Å². The van der Waals surface area contributed by atoms with Crippen LogP contribution in [0.3, 0.4) is 0 Å². The van der Waals surface area contributed by atoms with E-state index in [1.807, 2.05) is 36.4 Å². The highest BCUT2D eigenvalue weighted by Crippen LogP contribution is 2.23. The molecular weight excluding hydrogens is 298 g/mol. The van der Waals surface area contributed by atoms with Crippen LogP contribution >= 0.6 is 0 Å². The number of rotatable bonds is 8. The minimum Gasteiger partial charge on any atom is -0.508 e. The lowest BCUT2D eigenvalue weighted by molar-refractivity contribution is 0.474. The molecule has 0 radical (unpaired) electrons. The maximum Gasteiger partial charge on any atom is 0.116 e. The molecule has 126 valence electrons. The molecule has 0 aliphatic heterocycles. The summed E-state index contributed by atoms with van der Waals surface area (Å²) < 4.78 is 0. The third-order valence-corrected chi connectivity index (χ3v) is 4.36. The lowest BCUT2D eigenvalue weighted by Gasteiger charge is -2.09. The van der Waals surface area contributed by atoms with Crippen molar-refractivity contribution in [1.82, 2.24) is 15.0 Å². The van der Waals surface area contributed by atoms with Crippen molar-refractivity contribution in [3.8, 4) is 11.4 Å². The van der Waals surface area contributed by atoms with Gasteiger partial charge in [-0.15, -0.1) is 10.2 Å². The van der Waals surface area contributed by atoms with Crippen molar-refractivity contribution >= 4 is 11.0 Å². The Hall–Kier alpha value is -2.36. The molecule has 1 heterocycles. The number of hydrogen-bond donors (Lipinski definition) is 1. The Labute approximate surface area is 143 Å². The zero-order chi connectivity index (χ0) is 16.8. The smallest absolute Gasteiger partial charge is 0.116 e. The van der Waals surface area contributed by atoms with Gasteiger partial charge < -0.3 is 5.11 Å². The first-order chi connectivity index (χ1) is 11.8. The Morgan fingerprint density at radius 2 is 1.54 bits per heavy atom. The molecule has 3 aromatic rings. The Bertz CT molecular complexity index is 761. The maximum atomic E-state index is 9.85. The number of benzene rings is 2. The van der Waals surface area contributed by atoms with Gasteiger partial charge in [0.05, 0.1) is 5.69 Å². The van der Waals surface area contributed by atoms with Crippen LogP contribution in [0.15, 0.2) is 42.5 Å². The highest BCUT2D eigenvalue weighted by Gasteiger charge is 2.10. The number of phenols is 1. The molecule has 2 aromatic carbocycles. The molecule has 0 amide bonds. The zero-order valence-corrected chi connectivity index (χ0v) is 14.3. The monoisotopic (exact) mass is 323 g/mol. The van der Waals surface area contributed by atoms with Crippen LogP contribution < -0.4 is 0 Å². The Kier molecular flexibility index (Phi) is 5.47. The summed E-state index contributed by atoms with van der Waals surface area (Å²) in [7, 11) is 0. The summed E-state index contributed by atoms with van der Waals surface area (Å²) in [5.41, 5.74) is 3.83. The van der Waals surface area contributed by atoms with Crippen LogP contribution in [-0.2, 0) is 6.42 Å². The highest BCUT2D eigenvalue weighted by atomic mass is 16.3. The normalized spacial score (nSPS) is 11.2. The van der Waals surface area contributed by atoms with Crippen LogP contribution in [0.4, 0.5) is 0 Å². The number of phenolic OH excluding ortho intramolecular Hbond substituents is 1. The Balaban J connectivity index is 1.75. The van der Waals surface area contributed by atoms with E-state index in [9.17, 15) is 5.11 Å². The minimum absolute atomic E-state index is 0.302. The summed E-state index contributed by atoms with van der Waals surface area (Å²) in [6.45, 7) is 2.24. The third kappa shape index (κ3) is 3.94. The molecule has 1 N–H and O–H groups in total. The predicted molar refractivity (Wildman–Crippen MR) is 97.6 cm³/mol. The van der Waals surface area contributed by atoms with Crippen molar-refractivity contribution in [3.05, 3.63) is 48.0 Å². The van der Waals surface area contributed by atoms with Crippen LogP contribution in [-0.4, -0.2) is 20.1 Å². The van der Waals surface area contributed by atoms with Crippen LogP contribution in [0.25, 0.3) is 16.7 Å². The fraction of sp³-hybridized carbons (Fsp3) is 0.400. The molecule has 0 unspecified atom stereocenters. The summed E-state index contributed by atoms with van der Waals surface area (Å²) >= 11 is 0. The van der Waals surface area contributed by atoms with Crippen molar-refractivity contribution in [2.75, 3.05) is 0 Å². The number of aromatic hydroxyl groups is 1. The molecule has 4 heteroatoms. The highest BCUT2D eigenvalue weighted by molar-refractivity contribution is 5.73. The molecule has 0 spiro atoms. The first kappa shape index (κ1) is 16.5. The zero-order valence-electron chi connectivity index (χ0n) is 14.3. The van der Waals surface area contributed by atoms with E-state index in [1.54, 1.807) is 10.9 Å². The third-order valence-electron chi connectivity index (χ3n) is 4.36. The largest absolute Gasteiger partial charge is 0.508 e. The van der Waals surface area contributed by atoms with Crippen molar-refractivity contribution in [1.29, 1.82) is 0 Å². The second-order valence-electron chi connectivity index (χ2n) is 6.31. The second kappa shape index (κ2) is 7.95. The molecule has 3 rings (SSSR count). The van der Waals surface area contributed by atoms with Crippen molar-refractivity contribution < 1.29 is 5.11 Å². The first-order valence-corrected chi connectivity index (χ1v) is 8.92. The van der Waals surface area contributed by atoms with Gasteiger partial charge in [0.2, 0.25) is 0 Å². The van der Waals surface area contributed by atoms with E-state index in [4.69, 9.17) is 0 Å². The molecule has 0 saturated carbocycles. The van der Waals surface area contributed by atoms with E-state index in [0.717, 1.165) is 35.1 Å². The van der Waals surface area contributed by atoms with Gasteiger partial charge in [0.15, 0.2) is 0 Å². The summed E-state index contributed by atoms with van der Waals surface area (Å²) in [6.07, 6.45) is 8.48.